The van der Waals surface area contributed by atoms with E-state index in [1.807, 2.05) is 6.92 Å². The fourth-order valence-corrected chi connectivity index (χ4v) is 0.247. The number of hydrogen-bond acceptors (Lipinski definition) is 3. The van der Waals surface area contributed by atoms with Gasteiger partial charge in [0, 0.05) is 0 Å². The van der Waals surface area contributed by atoms with Crippen LogP contribution < -0.4 is 0 Å². The van der Waals surface area contributed by atoms with Crippen LogP contribution in [0, 0.1) is 0 Å². The van der Waals surface area contributed by atoms with Crippen molar-refractivity contribution in [2.45, 2.75) is 13.3 Å². The molecule has 0 saturated carbocycles. The third-order valence-corrected chi connectivity index (χ3v) is 0.587. The molecule has 0 aromatic rings. The second-order valence-electron chi connectivity index (χ2n) is 1.59. The minimum atomic E-state index is -1.31. The van der Waals surface area contributed by atoms with Gasteiger partial charge in [0.25, 0.3) is 0 Å². The monoisotopic (exact) mass is 176 g/mol. The molecule has 2 N–H and O–H groups in total. The van der Waals surface area contributed by atoms with Gasteiger partial charge in [-0.05, 0) is 6.92 Å². The molecule has 0 aromatic carbocycles. The molecule has 0 saturated heterocycles. The van der Waals surface area contributed by atoms with Crippen molar-refractivity contribution in [3.8, 4) is 0 Å². The number of hydrogen-bond donors (Lipinski definition) is 2. The minimum Gasteiger partial charge on any atom is -0.502 e. The summed E-state index contributed by atoms with van der Waals surface area (Å²) in [4.78, 5) is 18.9. The summed E-state index contributed by atoms with van der Waals surface area (Å²) in [5, 5.41) is 15.4. The molecule has 70 valence electrons. The number of aliphatic carboxylic acids is 2. The fraction of sp³-hybridized carbons (Fsp3) is 0.429. The van der Waals surface area contributed by atoms with Crippen LogP contribution in [0.5, 0.6) is 0 Å². The summed E-state index contributed by atoms with van der Waals surface area (Å²) in [6.07, 6.45) is 0.625. The molecule has 0 unspecified atom stereocenters. The van der Waals surface area contributed by atoms with Gasteiger partial charge < -0.3 is 14.9 Å². The molecule has 0 aliphatic rings. The Morgan fingerprint density at radius 2 is 1.83 bits per heavy atom. The average molecular weight is 176 g/mol. The number of carboxylic acids is 2. The van der Waals surface area contributed by atoms with E-state index in [1.165, 1.54) is 6.26 Å². The summed E-state index contributed by atoms with van der Waals surface area (Å²) < 4.78 is 4.60. The Morgan fingerprint density at radius 3 is 1.83 bits per heavy atom. The lowest BCUT2D eigenvalue weighted by Gasteiger charge is -1.84. The molecule has 0 aromatic heterocycles. The predicted octanol–water partition coefficient (Wildman–Crippen LogP) is 0.712. The van der Waals surface area contributed by atoms with Crippen molar-refractivity contribution in [1.29, 1.82) is 0 Å². The SMILES string of the molecule is C=COCC.O=C(O)CC(=O)O. The van der Waals surface area contributed by atoms with E-state index in [1.54, 1.807) is 0 Å². The van der Waals surface area contributed by atoms with Crippen LogP contribution in [0.2, 0.25) is 0 Å². The Morgan fingerprint density at radius 1 is 1.42 bits per heavy atom. The van der Waals surface area contributed by atoms with Gasteiger partial charge in [-0.3, -0.25) is 9.59 Å². The fourth-order valence-electron chi connectivity index (χ4n) is 0.247. The topological polar surface area (TPSA) is 83.8 Å². The lowest BCUT2D eigenvalue weighted by atomic mass is 10.5. The van der Waals surface area contributed by atoms with Crippen molar-refractivity contribution in [3.05, 3.63) is 12.8 Å². The van der Waals surface area contributed by atoms with Gasteiger partial charge in [-0.15, -0.1) is 0 Å². The van der Waals surface area contributed by atoms with Crippen LogP contribution in [0.15, 0.2) is 12.8 Å². The van der Waals surface area contributed by atoms with Crippen molar-refractivity contribution in [2.24, 2.45) is 0 Å². The van der Waals surface area contributed by atoms with Crippen molar-refractivity contribution in [1.82, 2.24) is 0 Å². The van der Waals surface area contributed by atoms with Crippen LogP contribution >= 0.6 is 0 Å². The van der Waals surface area contributed by atoms with E-state index in [0.29, 0.717) is 0 Å². The highest BCUT2D eigenvalue weighted by molar-refractivity contribution is 5.88. The van der Waals surface area contributed by atoms with Crippen LogP contribution in [-0.4, -0.2) is 28.8 Å². The molecule has 5 nitrogen and oxygen atoms in total. The number of ether oxygens (including phenoxy) is 1. The Labute approximate surface area is 70.3 Å². The van der Waals surface area contributed by atoms with Crippen LogP contribution in [0.25, 0.3) is 0 Å². The lowest BCUT2D eigenvalue weighted by Crippen LogP contribution is -2.03. The smallest absolute Gasteiger partial charge is 0.314 e. The van der Waals surface area contributed by atoms with E-state index >= 15 is 0 Å². The summed E-state index contributed by atoms with van der Waals surface area (Å²) >= 11 is 0. The van der Waals surface area contributed by atoms with Gasteiger partial charge >= 0.3 is 11.9 Å². The second kappa shape index (κ2) is 9.48. The highest BCUT2D eigenvalue weighted by atomic mass is 16.5. The zero-order valence-corrected chi connectivity index (χ0v) is 6.82. The molecule has 0 atom stereocenters. The summed E-state index contributed by atoms with van der Waals surface area (Å²) in [6.45, 7) is 5.97. The lowest BCUT2D eigenvalue weighted by molar-refractivity contribution is -0.147. The quantitative estimate of drug-likeness (QED) is 0.486. The third-order valence-electron chi connectivity index (χ3n) is 0.587. The molecule has 0 heterocycles. The van der Waals surface area contributed by atoms with E-state index in [2.05, 4.69) is 11.3 Å². The molecule has 12 heavy (non-hydrogen) atoms. The highest BCUT2D eigenvalue weighted by Gasteiger charge is 2.01. The summed E-state index contributed by atoms with van der Waals surface area (Å²) in [5.74, 6) is -2.62. The molecular weight excluding hydrogens is 164 g/mol. The Kier molecular flexibility index (Phi) is 10.3. The summed E-state index contributed by atoms with van der Waals surface area (Å²) in [6, 6.07) is 0. The van der Waals surface area contributed by atoms with Crippen molar-refractivity contribution >= 4 is 11.9 Å². The summed E-state index contributed by atoms with van der Waals surface area (Å²) in [7, 11) is 0. The highest BCUT2D eigenvalue weighted by Crippen LogP contribution is 1.74. The van der Waals surface area contributed by atoms with Crippen LogP contribution in [0.1, 0.15) is 13.3 Å². The first-order valence-corrected chi connectivity index (χ1v) is 3.20. The Bertz CT molecular complexity index is 140. The number of rotatable bonds is 4. The van der Waals surface area contributed by atoms with Gasteiger partial charge in [-0.1, -0.05) is 6.58 Å². The zero-order chi connectivity index (χ0) is 9.98. The molecule has 0 amide bonds. The number of carboxylic acid groups (broad SMARTS) is 2. The molecular formula is C7H12O5. The first-order chi connectivity index (χ1) is 5.54. The normalized spacial score (nSPS) is 7.42. The maximum absolute atomic E-state index is 9.43. The first kappa shape index (κ1) is 13.1. The maximum atomic E-state index is 9.43. The molecule has 0 radical (unpaired) electrons. The predicted molar refractivity (Wildman–Crippen MR) is 41.7 cm³/mol. The third kappa shape index (κ3) is 23.6. The second-order valence-corrected chi connectivity index (χ2v) is 1.59. The van der Waals surface area contributed by atoms with Gasteiger partial charge in [-0.2, -0.15) is 0 Å². The molecule has 0 aliphatic heterocycles. The largest absolute Gasteiger partial charge is 0.502 e. The van der Waals surface area contributed by atoms with Gasteiger partial charge in [0.1, 0.15) is 6.42 Å². The molecule has 0 rings (SSSR count). The first-order valence-electron chi connectivity index (χ1n) is 3.20. The van der Waals surface area contributed by atoms with E-state index in [-0.39, 0.29) is 0 Å². The van der Waals surface area contributed by atoms with E-state index in [0.717, 1.165) is 6.61 Å². The van der Waals surface area contributed by atoms with Gasteiger partial charge in [-0.25, -0.2) is 0 Å². The molecule has 0 aliphatic carbocycles. The van der Waals surface area contributed by atoms with Crippen molar-refractivity contribution < 1.29 is 24.5 Å². The van der Waals surface area contributed by atoms with Crippen LogP contribution in [0.4, 0.5) is 0 Å². The zero-order valence-electron chi connectivity index (χ0n) is 6.82. The molecule has 5 heteroatoms. The van der Waals surface area contributed by atoms with Crippen LogP contribution in [0.3, 0.4) is 0 Å². The van der Waals surface area contributed by atoms with Gasteiger partial charge in [0.15, 0.2) is 0 Å². The maximum Gasteiger partial charge on any atom is 0.314 e. The Balaban J connectivity index is 0. The summed E-state index contributed by atoms with van der Waals surface area (Å²) in [5.41, 5.74) is 0. The number of carbonyl (C=O) groups is 2. The van der Waals surface area contributed by atoms with E-state index in [4.69, 9.17) is 10.2 Å². The van der Waals surface area contributed by atoms with Gasteiger partial charge in [0.2, 0.25) is 0 Å². The van der Waals surface area contributed by atoms with Crippen molar-refractivity contribution in [3.63, 3.8) is 0 Å². The standard InChI is InChI=1S/C4H8O.C3H4O4/c1-3-5-4-2;4-2(5)1-3(6)7/h3H,1,4H2,2H3;1H2,(H,4,5)(H,6,7). The van der Waals surface area contributed by atoms with E-state index < -0.39 is 18.4 Å². The van der Waals surface area contributed by atoms with Crippen LogP contribution in [-0.2, 0) is 14.3 Å². The van der Waals surface area contributed by atoms with Crippen molar-refractivity contribution in [2.75, 3.05) is 6.61 Å². The average Bonchev–Trinajstić information content (AvgIpc) is 1.87. The Hall–Kier alpha value is -1.52. The molecule has 0 bridgehead atoms. The van der Waals surface area contributed by atoms with Gasteiger partial charge in [0.05, 0.1) is 12.9 Å². The molecule has 0 spiro atoms. The molecule has 0 fully saturated rings. The minimum absolute atomic E-state index is 0.726. The van der Waals surface area contributed by atoms with E-state index in [9.17, 15) is 9.59 Å².